The molecule has 88 valence electrons. The van der Waals surface area contributed by atoms with Crippen LogP contribution in [0.4, 0.5) is 0 Å². The van der Waals surface area contributed by atoms with Crippen molar-refractivity contribution in [2.24, 2.45) is 0 Å². The predicted molar refractivity (Wildman–Crippen MR) is 57.4 cm³/mol. The van der Waals surface area contributed by atoms with E-state index in [0.717, 1.165) is 0 Å². The summed E-state index contributed by atoms with van der Waals surface area (Å²) in [5.41, 5.74) is -0.714. The molecule has 5 heteroatoms. The largest absolute Gasteiger partial charge is 0.465 e. The molecule has 0 unspecified atom stereocenters. The minimum atomic E-state index is -0.714. The van der Waals surface area contributed by atoms with E-state index in [-0.39, 0.29) is 11.9 Å². The summed E-state index contributed by atoms with van der Waals surface area (Å²) in [6, 6.07) is 0. The molecule has 0 saturated heterocycles. The number of hydrogen-bond donors (Lipinski definition) is 2. The van der Waals surface area contributed by atoms with Gasteiger partial charge in [-0.25, -0.2) is 0 Å². The number of nitrogens with one attached hydrogen (secondary N) is 2. The van der Waals surface area contributed by atoms with E-state index in [0.29, 0.717) is 19.7 Å². The molecule has 0 fully saturated rings. The van der Waals surface area contributed by atoms with Gasteiger partial charge in [0, 0.05) is 20.0 Å². The monoisotopic (exact) mass is 216 g/mol. The van der Waals surface area contributed by atoms with Crippen LogP contribution in [-0.2, 0) is 14.3 Å². The van der Waals surface area contributed by atoms with Crippen LogP contribution < -0.4 is 10.6 Å². The average molecular weight is 216 g/mol. The Morgan fingerprint density at radius 2 is 1.87 bits per heavy atom. The molecule has 0 aromatic heterocycles. The summed E-state index contributed by atoms with van der Waals surface area (Å²) in [7, 11) is 0. The van der Waals surface area contributed by atoms with Gasteiger partial charge in [-0.05, 0) is 20.8 Å². The minimum absolute atomic E-state index is 0.0780. The predicted octanol–water partition coefficient (Wildman–Crippen LogP) is 0.0538. The van der Waals surface area contributed by atoms with Gasteiger partial charge in [0.15, 0.2) is 0 Å². The first kappa shape index (κ1) is 13.9. The van der Waals surface area contributed by atoms with Gasteiger partial charge in [-0.3, -0.25) is 9.59 Å². The maximum absolute atomic E-state index is 11.4. The third kappa shape index (κ3) is 6.06. The summed E-state index contributed by atoms with van der Waals surface area (Å²) in [5, 5.41) is 5.65. The number of rotatable bonds is 6. The minimum Gasteiger partial charge on any atom is -0.465 e. The Bertz CT molecular complexity index is 227. The zero-order chi connectivity index (χ0) is 11.9. The molecule has 0 aromatic rings. The molecule has 1 amide bonds. The fourth-order valence-corrected chi connectivity index (χ4v) is 0.997. The summed E-state index contributed by atoms with van der Waals surface area (Å²) >= 11 is 0. The van der Waals surface area contributed by atoms with E-state index in [4.69, 9.17) is 4.74 Å². The van der Waals surface area contributed by atoms with Crippen LogP contribution in [0.2, 0.25) is 0 Å². The highest BCUT2D eigenvalue weighted by Crippen LogP contribution is 2.04. The fourth-order valence-electron chi connectivity index (χ4n) is 0.997. The zero-order valence-electron chi connectivity index (χ0n) is 9.85. The van der Waals surface area contributed by atoms with Crippen molar-refractivity contribution in [2.45, 2.75) is 33.2 Å². The Morgan fingerprint density at radius 1 is 1.27 bits per heavy atom. The Labute approximate surface area is 90.6 Å². The molecule has 0 saturated carbocycles. The summed E-state index contributed by atoms with van der Waals surface area (Å²) in [4.78, 5) is 22.0. The molecule has 15 heavy (non-hydrogen) atoms. The highest BCUT2D eigenvalue weighted by atomic mass is 16.5. The molecule has 0 rings (SSSR count). The third-order valence-corrected chi connectivity index (χ3v) is 1.85. The highest BCUT2D eigenvalue weighted by Gasteiger charge is 2.27. The molecule has 0 aliphatic rings. The van der Waals surface area contributed by atoms with E-state index in [1.807, 2.05) is 0 Å². The molecule has 0 heterocycles. The summed E-state index contributed by atoms with van der Waals surface area (Å²) in [6.07, 6.45) is 0. The van der Waals surface area contributed by atoms with Crippen molar-refractivity contribution < 1.29 is 14.3 Å². The van der Waals surface area contributed by atoms with Crippen molar-refractivity contribution in [3.05, 3.63) is 0 Å². The number of carbonyl (C=O) groups is 2. The first-order valence-corrected chi connectivity index (χ1v) is 5.07. The number of amides is 1. The van der Waals surface area contributed by atoms with Crippen LogP contribution in [0.25, 0.3) is 0 Å². The molecule has 0 radical (unpaired) electrons. The first-order chi connectivity index (χ1) is 6.90. The summed E-state index contributed by atoms with van der Waals surface area (Å²) < 4.78 is 4.90. The van der Waals surface area contributed by atoms with E-state index >= 15 is 0 Å². The van der Waals surface area contributed by atoms with Crippen molar-refractivity contribution in [1.82, 2.24) is 10.6 Å². The van der Waals surface area contributed by atoms with E-state index in [1.165, 1.54) is 6.92 Å². The SMILES string of the molecule is CCOC(=O)C(C)(C)NCCNC(C)=O. The first-order valence-electron chi connectivity index (χ1n) is 5.07. The second-order valence-electron chi connectivity index (χ2n) is 3.76. The van der Waals surface area contributed by atoms with Gasteiger partial charge < -0.3 is 15.4 Å². The van der Waals surface area contributed by atoms with Gasteiger partial charge in [-0.15, -0.1) is 0 Å². The molecule has 2 N–H and O–H groups in total. The highest BCUT2D eigenvalue weighted by molar-refractivity contribution is 5.79. The Kier molecular flexibility index (Phi) is 5.93. The fraction of sp³-hybridized carbons (Fsp3) is 0.800. The molecule has 0 spiro atoms. The van der Waals surface area contributed by atoms with Crippen molar-refractivity contribution in [1.29, 1.82) is 0 Å². The lowest BCUT2D eigenvalue weighted by atomic mass is 10.1. The van der Waals surface area contributed by atoms with Gasteiger partial charge in [0.2, 0.25) is 5.91 Å². The van der Waals surface area contributed by atoms with Crippen LogP contribution in [0.3, 0.4) is 0 Å². The van der Waals surface area contributed by atoms with Crippen molar-refractivity contribution >= 4 is 11.9 Å². The van der Waals surface area contributed by atoms with Crippen molar-refractivity contribution in [3.8, 4) is 0 Å². The van der Waals surface area contributed by atoms with E-state index < -0.39 is 5.54 Å². The zero-order valence-corrected chi connectivity index (χ0v) is 9.85. The number of ether oxygens (including phenoxy) is 1. The Hall–Kier alpha value is -1.10. The normalized spacial score (nSPS) is 10.9. The number of carbonyl (C=O) groups excluding carboxylic acids is 2. The van der Waals surface area contributed by atoms with Gasteiger partial charge in [0.25, 0.3) is 0 Å². The van der Waals surface area contributed by atoms with Crippen LogP contribution in [0.15, 0.2) is 0 Å². The van der Waals surface area contributed by atoms with Crippen LogP contribution in [0, 0.1) is 0 Å². The van der Waals surface area contributed by atoms with Gasteiger partial charge in [0.1, 0.15) is 5.54 Å². The van der Waals surface area contributed by atoms with Crippen molar-refractivity contribution in [2.75, 3.05) is 19.7 Å². The van der Waals surface area contributed by atoms with Crippen molar-refractivity contribution in [3.63, 3.8) is 0 Å². The molecule has 0 aromatic carbocycles. The van der Waals surface area contributed by atoms with Gasteiger partial charge in [-0.1, -0.05) is 0 Å². The molecule has 5 nitrogen and oxygen atoms in total. The molecule has 0 aliphatic heterocycles. The molecular weight excluding hydrogens is 196 g/mol. The second kappa shape index (κ2) is 6.40. The maximum atomic E-state index is 11.4. The molecular formula is C10H20N2O3. The smallest absolute Gasteiger partial charge is 0.325 e. The summed E-state index contributed by atoms with van der Waals surface area (Å²) in [6.45, 7) is 8.12. The van der Waals surface area contributed by atoms with E-state index in [2.05, 4.69) is 10.6 Å². The van der Waals surface area contributed by atoms with Crippen LogP contribution >= 0.6 is 0 Å². The topological polar surface area (TPSA) is 67.4 Å². The van der Waals surface area contributed by atoms with Crippen LogP contribution in [0.1, 0.15) is 27.7 Å². The molecule has 0 atom stereocenters. The van der Waals surface area contributed by atoms with Gasteiger partial charge in [0.05, 0.1) is 6.61 Å². The average Bonchev–Trinajstić information content (AvgIpc) is 2.12. The van der Waals surface area contributed by atoms with Crippen LogP contribution in [0.5, 0.6) is 0 Å². The Morgan fingerprint density at radius 3 is 2.33 bits per heavy atom. The van der Waals surface area contributed by atoms with Crippen LogP contribution in [-0.4, -0.2) is 37.1 Å². The third-order valence-electron chi connectivity index (χ3n) is 1.85. The molecule has 0 bridgehead atoms. The lowest BCUT2D eigenvalue weighted by Gasteiger charge is -2.23. The van der Waals surface area contributed by atoms with Gasteiger partial charge >= 0.3 is 5.97 Å². The lowest BCUT2D eigenvalue weighted by Crippen LogP contribution is -2.50. The van der Waals surface area contributed by atoms with E-state index in [1.54, 1.807) is 20.8 Å². The number of esters is 1. The molecule has 0 aliphatic carbocycles. The van der Waals surface area contributed by atoms with Gasteiger partial charge in [-0.2, -0.15) is 0 Å². The quantitative estimate of drug-likeness (QED) is 0.486. The lowest BCUT2D eigenvalue weighted by molar-refractivity contribution is -0.149. The maximum Gasteiger partial charge on any atom is 0.325 e. The van der Waals surface area contributed by atoms with E-state index in [9.17, 15) is 9.59 Å². The second-order valence-corrected chi connectivity index (χ2v) is 3.76. The number of hydrogen-bond acceptors (Lipinski definition) is 4. The standard InChI is InChI=1S/C10H20N2O3/c1-5-15-9(14)10(3,4)12-7-6-11-8(2)13/h12H,5-7H2,1-4H3,(H,11,13). The summed E-state index contributed by atoms with van der Waals surface area (Å²) in [5.74, 6) is -0.362. The Balaban J connectivity index is 3.82.